The van der Waals surface area contributed by atoms with Crippen LogP contribution in [-0.4, -0.2) is 0 Å². The topological polar surface area (TPSA) is 0 Å². The molecule has 1 aliphatic carbocycles. The zero-order chi connectivity index (χ0) is 16.1. The summed E-state index contributed by atoms with van der Waals surface area (Å²) in [5.41, 5.74) is 7.96. The second-order valence-corrected chi connectivity index (χ2v) is 6.18. The van der Waals surface area contributed by atoms with Gasteiger partial charge in [-0.2, -0.15) is 0 Å². The fourth-order valence-corrected chi connectivity index (χ4v) is 4.02. The highest BCUT2D eigenvalue weighted by Gasteiger charge is 2.26. The summed E-state index contributed by atoms with van der Waals surface area (Å²) in [5, 5.41) is 5.42. The van der Waals surface area contributed by atoms with E-state index in [9.17, 15) is 0 Å². The molecule has 3 aromatic rings. The highest BCUT2D eigenvalue weighted by atomic mass is 14.3. The molecule has 0 aromatic heterocycles. The van der Waals surface area contributed by atoms with Crippen LogP contribution >= 0.6 is 0 Å². The Bertz CT molecular complexity index is 1040. The Labute approximate surface area is 137 Å². The van der Waals surface area contributed by atoms with E-state index in [-0.39, 0.29) is 0 Å². The summed E-state index contributed by atoms with van der Waals surface area (Å²) in [4.78, 5) is 0. The van der Waals surface area contributed by atoms with E-state index in [4.69, 9.17) is 0 Å². The van der Waals surface area contributed by atoms with Gasteiger partial charge < -0.3 is 0 Å². The minimum Gasteiger partial charge on any atom is -0.0984 e. The van der Waals surface area contributed by atoms with Gasteiger partial charge in [0.15, 0.2) is 0 Å². The van der Waals surface area contributed by atoms with Gasteiger partial charge in [-0.05, 0) is 75.7 Å². The molecule has 0 heteroatoms. The first-order chi connectivity index (χ1) is 11.2. The van der Waals surface area contributed by atoms with Crippen LogP contribution in [0.15, 0.2) is 49.1 Å². The van der Waals surface area contributed by atoms with Gasteiger partial charge in [-0.3, -0.25) is 0 Å². The molecule has 0 aliphatic heterocycles. The Hall–Kier alpha value is -2.60. The monoisotopic (exact) mass is 296 g/mol. The van der Waals surface area contributed by atoms with Gasteiger partial charge >= 0.3 is 0 Å². The van der Waals surface area contributed by atoms with E-state index in [1.165, 1.54) is 54.9 Å². The lowest BCUT2D eigenvalue weighted by Crippen LogP contribution is -1.91. The second kappa shape index (κ2) is 4.96. The maximum absolute atomic E-state index is 4.03. The van der Waals surface area contributed by atoms with Crippen LogP contribution in [0.25, 0.3) is 39.3 Å². The third-order valence-electron chi connectivity index (χ3n) is 4.95. The largest absolute Gasteiger partial charge is 0.0984 e. The molecule has 23 heavy (non-hydrogen) atoms. The third kappa shape index (κ3) is 1.72. The van der Waals surface area contributed by atoms with Crippen LogP contribution in [0.3, 0.4) is 0 Å². The predicted molar refractivity (Wildman–Crippen MR) is 104 cm³/mol. The second-order valence-electron chi connectivity index (χ2n) is 6.18. The summed E-state index contributed by atoms with van der Waals surface area (Å²) in [6.07, 6.45) is 8.61. The summed E-state index contributed by atoms with van der Waals surface area (Å²) in [7, 11) is 0. The van der Waals surface area contributed by atoms with E-state index < -0.39 is 0 Å². The van der Waals surface area contributed by atoms with Gasteiger partial charge in [-0.25, -0.2) is 0 Å². The van der Waals surface area contributed by atoms with Crippen LogP contribution < -0.4 is 0 Å². The Morgan fingerprint density at radius 1 is 0.913 bits per heavy atom. The van der Waals surface area contributed by atoms with Crippen molar-refractivity contribution in [3.8, 4) is 0 Å². The van der Waals surface area contributed by atoms with Gasteiger partial charge in [-0.15, -0.1) is 0 Å². The van der Waals surface area contributed by atoms with Crippen LogP contribution in [-0.2, 0) is 0 Å². The van der Waals surface area contributed by atoms with Crippen molar-refractivity contribution in [3.05, 3.63) is 76.9 Å². The quantitative estimate of drug-likeness (QED) is 0.359. The SMILES string of the molecule is C=Cc1ccc2ccc3cc(C)c(/C=C\C)c4c3c2c1/C4=C\C. The molecule has 112 valence electrons. The minimum absolute atomic E-state index is 1.22. The van der Waals surface area contributed by atoms with Gasteiger partial charge in [0, 0.05) is 0 Å². The third-order valence-corrected chi connectivity index (χ3v) is 4.95. The highest BCUT2D eigenvalue weighted by molar-refractivity contribution is 6.25. The number of aryl methyl sites for hydroxylation is 1. The van der Waals surface area contributed by atoms with E-state index >= 15 is 0 Å². The molecule has 0 heterocycles. The zero-order valence-corrected chi connectivity index (χ0v) is 13.9. The number of hydrogen-bond donors (Lipinski definition) is 0. The Morgan fingerprint density at radius 3 is 2.30 bits per heavy atom. The van der Waals surface area contributed by atoms with Gasteiger partial charge in [0.2, 0.25) is 0 Å². The maximum atomic E-state index is 4.03. The molecular weight excluding hydrogens is 276 g/mol. The van der Waals surface area contributed by atoms with Crippen molar-refractivity contribution in [2.75, 3.05) is 0 Å². The number of benzene rings is 3. The number of rotatable bonds is 2. The maximum Gasteiger partial charge on any atom is -0.00140 e. The van der Waals surface area contributed by atoms with Crippen LogP contribution in [0.4, 0.5) is 0 Å². The van der Waals surface area contributed by atoms with E-state index in [1.807, 2.05) is 6.08 Å². The Morgan fingerprint density at radius 2 is 1.61 bits per heavy atom. The molecule has 0 saturated carbocycles. The van der Waals surface area contributed by atoms with Crippen molar-refractivity contribution in [2.24, 2.45) is 0 Å². The summed E-state index contributed by atoms with van der Waals surface area (Å²) < 4.78 is 0. The van der Waals surface area contributed by atoms with Crippen molar-refractivity contribution in [1.82, 2.24) is 0 Å². The molecule has 0 bridgehead atoms. The molecule has 0 radical (unpaired) electrons. The minimum atomic E-state index is 1.22. The first-order valence-electron chi connectivity index (χ1n) is 8.16. The molecular formula is C23H20. The van der Waals surface area contributed by atoms with Crippen LogP contribution in [0.1, 0.15) is 41.7 Å². The Kier molecular flexibility index (Phi) is 3.02. The van der Waals surface area contributed by atoms with Crippen molar-refractivity contribution in [2.45, 2.75) is 20.8 Å². The highest BCUT2D eigenvalue weighted by Crippen LogP contribution is 2.48. The lowest BCUT2D eigenvalue weighted by Gasteiger charge is -2.11. The normalized spacial score (nSPS) is 14.8. The molecule has 1 aliphatic rings. The lowest BCUT2D eigenvalue weighted by molar-refractivity contribution is 1.45. The number of allylic oxidation sites excluding steroid dienone is 2. The fourth-order valence-electron chi connectivity index (χ4n) is 4.02. The van der Waals surface area contributed by atoms with Crippen LogP contribution in [0, 0.1) is 6.92 Å². The summed E-state index contributed by atoms with van der Waals surface area (Å²) in [6.45, 7) is 10.5. The summed E-state index contributed by atoms with van der Waals surface area (Å²) in [5.74, 6) is 0. The average Bonchev–Trinajstić information content (AvgIpc) is 2.91. The molecule has 0 spiro atoms. The molecule has 0 N–H and O–H groups in total. The van der Waals surface area contributed by atoms with E-state index in [0.29, 0.717) is 0 Å². The molecule has 4 rings (SSSR count). The van der Waals surface area contributed by atoms with E-state index in [2.05, 4.69) is 75.9 Å². The summed E-state index contributed by atoms with van der Waals surface area (Å²) >= 11 is 0. The van der Waals surface area contributed by atoms with Gasteiger partial charge in [0.1, 0.15) is 0 Å². The van der Waals surface area contributed by atoms with Gasteiger partial charge in [0.25, 0.3) is 0 Å². The molecule has 3 aromatic carbocycles. The van der Waals surface area contributed by atoms with Crippen molar-refractivity contribution < 1.29 is 0 Å². The van der Waals surface area contributed by atoms with Crippen molar-refractivity contribution >= 4 is 39.3 Å². The first-order valence-corrected chi connectivity index (χ1v) is 8.16. The van der Waals surface area contributed by atoms with Crippen LogP contribution in [0.2, 0.25) is 0 Å². The first kappa shape index (κ1) is 14.0. The Balaban J connectivity index is 2.34. The van der Waals surface area contributed by atoms with Gasteiger partial charge in [-0.1, -0.05) is 61.2 Å². The van der Waals surface area contributed by atoms with Crippen molar-refractivity contribution in [1.29, 1.82) is 0 Å². The molecule has 0 amide bonds. The van der Waals surface area contributed by atoms with E-state index in [1.54, 1.807) is 0 Å². The van der Waals surface area contributed by atoms with Crippen LogP contribution in [0.5, 0.6) is 0 Å². The molecule has 0 atom stereocenters. The molecule has 0 unspecified atom stereocenters. The predicted octanol–water partition coefficient (Wildman–Crippen LogP) is 6.74. The summed E-state index contributed by atoms with van der Waals surface area (Å²) in [6, 6.07) is 11.2. The van der Waals surface area contributed by atoms with Gasteiger partial charge in [0.05, 0.1) is 0 Å². The lowest BCUT2D eigenvalue weighted by atomic mass is 9.92. The average molecular weight is 296 g/mol. The molecule has 0 saturated heterocycles. The fraction of sp³-hybridized carbons (Fsp3) is 0.130. The van der Waals surface area contributed by atoms with Crippen molar-refractivity contribution in [3.63, 3.8) is 0 Å². The molecule has 0 nitrogen and oxygen atoms in total. The molecule has 0 fully saturated rings. The number of hydrogen-bond acceptors (Lipinski definition) is 0. The standard InChI is InChI=1S/C23H20/c1-5-8-19-14(4)13-17-12-11-16-10-9-15(6-2)20-18(7-3)23(19)22(17)21(16)20/h5-13H,2H2,1,3-4H3/b8-5-,18-7+. The zero-order valence-electron chi connectivity index (χ0n) is 13.9. The van der Waals surface area contributed by atoms with E-state index in [0.717, 1.165) is 0 Å². The smallest absolute Gasteiger partial charge is 0.00140 e.